The molecule has 1 aromatic carbocycles. The van der Waals surface area contributed by atoms with E-state index in [1.54, 1.807) is 16.8 Å². The van der Waals surface area contributed by atoms with E-state index in [-0.39, 0.29) is 29.2 Å². The number of rotatable bonds is 4. The third kappa shape index (κ3) is 4.59. The first kappa shape index (κ1) is 23.7. The van der Waals surface area contributed by atoms with E-state index >= 15 is 0 Å². The van der Waals surface area contributed by atoms with Crippen molar-refractivity contribution in [1.82, 2.24) is 24.7 Å². The number of aliphatic hydroxyl groups excluding tert-OH is 1. The second-order valence-electron chi connectivity index (χ2n) is 8.69. The molecule has 0 atom stereocenters. The molecule has 3 heterocycles. The molecule has 1 aliphatic rings. The molecule has 3 aromatic heterocycles. The van der Waals surface area contributed by atoms with E-state index in [1.807, 2.05) is 0 Å². The smallest absolute Gasteiger partial charge is 0.393 e. The average Bonchev–Trinajstić information content (AvgIpc) is 3.25. The molecule has 12 heteroatoms. The topological polar surface area (TPSA) is 132 Å². The number of carbonyl (C=O) groups excluding carboxylic acids is 1. The number of anilines is 2. The maximum absolute atomic E-state index is 12.9. The van der Waals surface area contributed by atoms with Gasteiger partial charge in [0.1, 0.15) is 23.2 Å². The van der Waals surface area contributed by atoms with Crippen LogP contribution in [0.15, 0.2) is 48.9 Å². The molecule has 4 aromatic rings. The van der Waals surface area contributed by atoms with Gasteiger partial charge in [-0.05, 0) is 62.1 Å². The average molecular weight is 497 g/mol. The minimum Gasteiger partial charge on any atom is -0.393 e. The third-order valence-corrected chi connectivity index (χ3v) is 6.30. The molecular weight excluding hydrogens is 475 g/mol. The lowest BCUT2D eigenvalue weighted by Gasteiger charge is -2.23. The van der Waals surface area contributed by atoms with E-state index in [9.17, 15) is 23.1 Å². The molecule has 0 radical (unpaired) electrons. The van der Waals surface area contributed by atoms with E-state index in [0.29, 0.717) is 29.6 Å². The van der Waals surface area contributed by atoms with Crippen molar-refractivity contribution in [3.63, 3.8) is 0 Å². The number of hydrogen-bond acceptors (Lipinski definition) is 7. The summed E-state index contributed by atoms with van der Waals surface area (Å²) in [6.45, 7) is 0. The van der Waals surface area contributed by atoms with Gasteiger partial charge in [-0.1, -0.05) is 0 Å². The number of nitrogens with two attached hydrogens (primary N) is 1. The normalized spacial score (nSPS) is 18.3. The van der Waals surface area contributed by atoms with Crippen molar-refractivity contribution < 1.29 is 23.1 Å². The molecule has 0 aliphatic heterocycles. The summed E-state index contributed by atoms with van der Waals surface area (Å²) in [6, 6.07) is 7.98. The standard InChI is InChI=1S/C24H22F3N7O2/c25-24(26,27)15-9-10-29-18(11-15)32-23(36)14-1-5-16(6-2-14)34-21-20(30-12-31-22(21)28)19(33-34)13-3-7-17(35)8-4-13/h1-2,5-6,9-13,17,35H,3-4,7-8H2,(H2,28,30,31)(H,29,32,36). The van der Waals surface area contributed by atoms with Crippen LogP contribution in [0.3, 0.4) is 0 Å². The Balaban J connectivity index is 1.42. The van der Waals surface area contributed by atoms with E-state index in [1.165, 1.54) is 18.5 Å². The Morgan fingerprint density at radius 2 is 1.78 bits per heavy atom. The third-order valence-electron chi connectivity index (χ3n) is 6.30. The molecule has 1 saturated carbocycles. The van der Waals surface area contributed by atoms with Crippen LogP contribution in [0.1, 0.15) is 53.2 Å². The van der Waals surface area contributed by atoms with Gasteiger partial charge < -0.3 is 16.2 Å². The van der Waals surface area contributed by atoms with Gasteiger partial charge in [0.2, 0.25) is 0 Å². The van der Waals surface area contributed by atoms with Gasteiger partial charge in [0, 0.05) is 17.7 Å². The number of carbonyl (C=O) groups is 1. The lowest BCUT2D eigenvalue weighted by molar-refractivity contribution is -0.137. The Morgan fingerprint density at radius 1 is 1.06 bits per heavy atom. The Morgan fingerprint density at radius 3 is 2.47 bits per heavy atom. The van der Waals surface area contributed by atoms with Crippen LogP contribution in [0.4, 0.5) is 24.8 Å². The summed E-state index contributed by atoms with van der Waals surface area (Å²) in [6.07, 6.45) is 0.452. The summed E-state index contributed by atoms with van der Waals surface area (Å²) in [7, 11) is 0. The molecule has 1 fully saturated rings. The second kappa shape index (κ2) is 9.19. The molecule has 9 nitrogen and oxygen atoms in total. The number of amides is 1. The summed E-state index contributed by atoms with van der Waals surface area (Å²) in [5.74, 6) is -0.435. The second-order valence-corrected chi connectivity index (χ2v) is 8.69. The molecule has 186 valence electrons. The largest absolute Gasteiger partial charge is 0.416 e. The molecule has 0 spiro atoms. The highest BCUT2D eigenvalue weighted by atomic mass is 19.4. The maximum Gasteiger partial charge on any atom is 0.416 e. The number of pyridine rings is 1. The van der Waals surface area contributed by atoms with Crippen LogP contribution in [-0.2, 0) is 6.18 Å². The van der Waals surface area contributed by atoms with Crippen LogP contribution < -0.4 is 11.1 Å². The first-order chi connectivity index (χ1) is 17.2. The number of hydrogen-bond donors (Lipinski definition) is 3. The number of halogens is 3. The number of fused-ring (bicyclic) bond motifs is 1. The van der Waals surface area contributed by atoms with Crippen LogP contribution in [0.2, 0.25) is 0 Å². The van der Waals surface area contributed by atoms with Crippen molar-refractivity contribution in [1.29, 1.82) is 0 Å². The Labute approximate surface area is 203 Å². The van der Waals surface area contributed by atoms with Gasteiger partial charge in [0.05, 0.1) is 23.0 Å². The van der Waals surface area contributed by atoms with Crippen molar-refractivity contribution in [2.24, 2.45) is 0 Å². The number of nitrogens with zero attached hydrogens (tertiary/aromatic N) is 5. The molecular formula is C24H22F3N7O2. The van der Waals surface area contributed by atoms with Crippen LogP contribution in [0, 0.1) is 0 Å². The molecule has 0 bridgehead atoms. The van der Waals surface area contributed by atoms with Crippen molar-refractivity contribution in [2.75, 3.05) is 11.1 Å². The Hall–Kier alpha value is -4.06. The molecule has 1 amide bonds. The molecule has 36 heavy (non-hydrogen) atoms. The van der Waals surface area contributed by atoms with Crippen LogP contribution in [0.25, 0.3) is 16.7 Å². The first-order valence-electron chi connectivity index (χ1n) is 11.3. The van der Waals surface area contributed by atoms with Gasteiger partial charge in [-0.2, -0.15) is 18.3 Å². The quantitative estimate of drug-likeness (QED) is 0.387. The first-order valence-corrected chi connectivity index (χ1v) is 11.3. The Bertz CT molecular complexity index is 1410. The van der Waals surface area contributed by atoms with Gasteiger partial charge in [-0.3, -0.25) is 4.79 Å². The molecule has 5 rings (SSSR count). The minimum absolute atomic E-state index is 0.122. The summed E-state index contributed by atoms with van der Waals surface area (Å²) in [5, 5.41) is 17.0. The van der Waals surface area contributed by atoms with E-state index in [0.717, 1.165) is 36.9 Å². The SMILES string of the molecule is Nc1ncnc2c(C3CCC(O)CC3)nn(-c3ccc(C(=O)Nc4cc(C(F)(F)F)ccn4)cc3)c12. The van der Waals surface area contributed by atoms with Crippen molar-refractivity contribution in [2.45, 2.75) is 43.9 Å². The lowest BCUT2D eigenvalue weighted by atomic mass is 9.85. The highest BCUT2D eigenvalue weighted by Crippen LogP contribution is 2.37. The van der Waals surface area contributed by atoms with Crippen LogP contribution >= 0.6 is 0 Å². The fraction of sp³-hybridized carbons (Fsp3) is 0.292. The van der Waals surface area contributed by atoms with E-state index < -0.39 is 17.6 Å². The fourth-order valence-corrected chi connectivity index (χ4v) is 4.42. The number of alkyl halides is 3. The number of nitrogen functional groups attached to an aromatic ring is 1. The fourth-order valence-electron chi connectivity index (χ4n) is 4.42. The highest BCUT2D eigenvalue weighted by molar-refractivity contribution is 6.04. The van der Waals surface area contributed by atoms with E-state index in [4.69, 9.17) is 10.8 Å². The summed E-state index contributed by atoms with van der Waals surface area (Å²) in [5.41, 5.74) is 8.05. The monoisotopic (exact) mass is 497 g/mol. The van der Waals surface area contributed by atoms with Gasteiger partial charge >= 0.3 is 6.18 Å². The molecule has 0 saturated heterocycles. The van der Waals surface area contributed by atoms with Gasteiger partial charge in [-0.15, -0.1) is 0 Å². The van der Waals surface area contributed by atoms with Crippen molar-refractivity contribution in [3.8, 4) is 5.69 Å². The minimum atomic E-state index is -4.54. The number of benzene rings is 1. The summed E-state index contributed by atoms with van der Waals surface area (Å²) < 4.78 is 40.4. The zero-order valence-electron chi connectivity index (χ0n) is 18.9. The van der Waals surface area contributed by atoms with Gasteiger partial charge in [0.15, 0.2) is 5.82 Å². The van der Waals surface area contributed by atoms with Crippen LogP contribution in [0.5, 0.6) is 0 Å². The Kier molecular flexibility index (Phi) is 6.04. The number of aromatic nitrogens is 5. The lowest BCUT2D eigenvalue weighted by Crippen LogP contribution is -2.17. The summed E-state index contributed by atoms with van der Waals surface area (Å²) in [4.78, 5) is 24.9. The predicted octanol–water partition coefficient (Wildman–Crippen LogP) is 4.08. The van der Waals surface area contributed by atoms with Crippen LogP contribution in [-0.4, -0.2) is 41.9 Å². The highest BCUT2D eigenvalue weighted by Gasteiger charge is 2.31. The predicted molar refractivity (Wildman–Crippen MR) is 125 cm³/mol. The van der Waals surface area contributed by atoms with Gasteiger partial charge in [-0.25, -0.2) is 19.6 Å². The number of nitrogens with one attached hydrogen (secondary N) is 1. The van der Waals surface area contributed by atoms with Crippen molar-refractivity contribution >= 4 is 28.6 Å². The van der Waals surface area contributed by atoms with E-state index in [2.05, 4.69) is 20.3 Å². The number of aliphatic hydroxyl groups is 1. The molecule has 4 N–H and O–H groups in total. The molecule has 0 unspecified atom stereocenters. The molecule has 1 aliphatic carbocycles. The zero-order chi connectivity index (χ0) is 25.4. The zero-order valence-corrected chi connectivity index (χ0v) is 18.9. The van der Waals surface area contributed by atoms with Crippen molar-refractivity contribution in [3.05, 3.63) is 65.7 Å². The van der Waals surface area contributed by atoms with Gasteiger partial charge in [0.25, 0.3) is 5.91 Å². The maximum atomic E-state index is 12.9. The summed E-state index contributed by atoms with van der Waals surface area (Å²) >= 11 is 0.